The fraction of sp³-hybridized carbons (Fsp3) is 0.350. The van der Waals surface area contributed by atoms with Gasteiger partial charge in [-0.25, -0.2) is 9.18 Å². The van der Waals surface area contributed by atoms with Crippen molar-refractivity contribution in [3.8, 4) is 0 Å². The first-order chi connectivity index (χ1) is 14.0. The number of amides is 1. The second-order valence-corrected chi connectivity index (χ2v) is 8.46. The van der Waals surface area contributed by atoms with Crippen molar-refractivity contribution in [2.75, 3.05) is 26.2 Å². The highest BCUT2D eigenvalue weighted by atomic mass is 127. The monoisotopic (exact) mass is 529 g/mol. The lowest BCUT2D eigenvalue weighted by Gasteiger charge is -2.18. The first kappa shape index (κ1) is 21.7. The zero-order chi connectivity index (χ0) is 20.8. The highest BCUT2D eigenvalue weighted by Crippen LogP contribution is 2.19. The van der Waals surface area contributed by atoms with Gasteiger partial charge < -0.3 is 15.0 Å². The second-order valence-electron chi connectivity index (χ2n) is 6.53. The zero-order valence-corrected chi connectivity index (χ0v) is 18.6. The van der Waals surface area contributed by atoms with Crippen LogP contribution in [-0.4, -0.2) is 48.9 Å². The lowest BCUT2D eigenvalue weighted by molar-refractivity contribution is 0.0498. The number of nitrogens with zero attached hydrogens (tertiary/aromatic N) is 1. The average Bonchev–Trinajstić information content (AvgIpc) is 3.42. The number of nitrogens with one attached hydrogen (secondary N) is 2. The molecule has 0 bridgehead atoms. The molecule has 0 spiro atoms. The molecule has 0 unspecified atom stereocenters. The van der Waals surface area contributed by atoms with Gasteiger partial charge in [-0.05, 0) is 37.1 Å². The van der Waals surface area contributed by atoms with Gasteiger partial charge in [0.1, 0.15) is 18.3 Å². The Morgan fingerprint density at radius 2 is 2.00 bits per heavy atom. The summed E-state index contributed by atoms with van der Waals surface area (Å²) in [7, 11) is 0. The van der Waals surface area contributed by atoms with Crippen LogP contribution in [-0.2, 0) is 9.16 Å². The lowest BCUT2D eigenvalue weighted by Crippen LogP contribution is -2.28. The van der Waals surface area contributed by atoms with Crippen LogP contribution in [0.1, 0.15) is 43.3 Å². The number of hydrogen-bond acceptors (Lipinski definition) is 5. The molecule has 29 heavy (non-hydrogen) atoms. The van der Waals surface area contributed by atoms with Crippen molar-refractivity contribution in [2.45, 2.75) is 17.3 Å². The van der Waals surface area contributed by atoms with Crippen molar-refractivity contribution in [1.29, 1.82) is 5.41 Å². The molecule has 2 heterocycles. The minimum absolute atomic E-state index is 0.0557. The number of benzene rings is 1. The Morgan fingerprint density at radius 1 is 1.24 bits per heavy atom. The molecular formula is C20H21FIN3O3S. The number of halogens is 2. The lowest BCUT2D eigenvalue weighted by atomic mass is 10.1. The van der Waals surface area contributed by atoms with E-state index in [-0.39, 0.29) is 30.5 Å². The van der Waals surface area contributed by atoms with E-state index in [2.05, 4.69) is 27.9 Å². The number of ether oxygens (including phenoxy) is 1. The number of esters is 1. The van der Waals surface area contributed by atoms with Crippen molar-refractivity contribution in [3.63, 3.8) is 0 Å². The normalized spacial score (nSPS) is 13.4. The summed E-state index contributed by atoms with van der Waals surface area (Å²) in [5, 5.41) is 10.8. The van der Waals surface area contributed by atoms with E-state index in [0.717, 1.165) is 35.2 Å². The van der Waals surface area contributed by atoms with E-state index in [9.17, 15) is 14.0 Å². The van der Waals surface area contributed by atoms with E-state index in [1.54, 1.807) is 12.1 Å². The number of likely N-dealkylation sites (tertiary alicyclic amines) is 1. The zero-order valence-electron chi connectivity index (χ0n) is 15.7. The third-order valence-corrected chi connectivity index (χ3v) is 6.95. The Morgan fingerprint density at radius 3 is 2.66 bits per heavy atom. The maximum absolute atomic E-state index is 14.4. The molecular weight excluding hydrogens is 508 g/mol. The van der Waals surface area contributed by atoms with Gasteiger partial charge in [0.25, 0.3) is 5.91 Å². The first-order valence-electron chi connectivity index (χ1n) is 9.23. The van der Waals surface area contributed by atoms with Gasteiger partial charge in [0.15, 0.2) is 0 Å². The predicted molar refractivity (Wildman–Crippen MR) is 119 cm³/mol. The Kier molecular flexibility index (Phi) is 7.59. The first-order valence-corrected chi connectivity index (χ1v) is 11.6. The molecule has 154 valence electrons. The number of amidine groups is 1. The smallest absolute Gasteiger partial charge is 0.341 e. The summed E-state index contributed by atoms with van der Waals surface area (Å²) in [5.74, 6) is -1.47. The number of hydrogen-bond donors (Lipinski definition) is 2. The predicted octanol–water partition coefficient (Wildman–Crippen LogP) is 3.83. The van der Waals surface area contributed by atoms with E-state index in [1.165, 1.54) is 23.5 Å². The average molecular weight is 529 g/mol. The number of thiophene rings is 1. The number of alkyl halides is 1. The minimum Gasteiger partial charge on any atom is -0.460 e. The number of carbonyl (C=O) groups excluding carboxylic acids is 2. The third kappa shape index (κ3) is 5.53. The molecule has 3 rings (SSSR count). The number of rotatable bonds is 7. The van der Waals surface area contributed by atoms with E-state index >= 15 is 0 Å². The van der Waals surface area contributed by atoms with Gasteiger partial charge in [-0.15, -0.1) is 11.3 Å². The summed E-state index contributed by atoms with van der Waals surface area (Å²) in [6.45, 7) is 1.67. The number of carbonyl (C=O) groups is 2. The highest BCUT2D eigenvalue weighted by molar-refractivity contribution is 14.1. The molecule has 1 aliphatic rings. The Bertz CT molecular complexity index is 912. The van der Waals surface area contributed by atoms with Gasteiger partial charge in [0.05, 0.1) is 17.0 Å². The van der Waals surface area contributed by atoms with E-state index in [0.29, 0.717) is 10.4 Å². The van der Waals surface area contributed by atoms with Crippen LogP contribution in [0.3, 0.4) is 0 Å². The summed E-state index contributed by atoms with van der Waals surface area (Å²) < 4.78 is 20.3. The fourth-order valence-electron chi connectivity index (χ4n) is 3.00. The molecule has 0 atom stereocenters. The molecule has 2 aromatic rings. The maximum atomic E-state index is 14.4. The SMILES string of the molecule is N=C(c1ccc(C(=O)OCCNC(=O)c2ccc(CI)s2)c(F)c1)N1CCCC1. The van der Waals surface area contributed by atoms with Crippen molar-refractivity contribution in [2.24, 2.45) is 0 Å². The van der Waals surface area contributed by atoms with E-state index in [1.807, 2.05) is 11.0 Å². The van der Waals surface area contributed by atoms with Crippen LogP contribution >= 0.6 is 33.9 Å². The molecule has 1 aromatic carbocycles. The second kappa shape index (κ2) is 10.1. The van der Waals surface area contributed by atoms with Crippen molar-refractivity contribution >= 4 is 51.6 Å². The van der Waals surface area contributed by atoms with Gasteiger partial charge >= 0.3 is 5.97 Å². The maximum Gasteiger partial charge on any atom is 0.341 e. The summed E-state index contributed by atoms with van der Waals surface area (Å²) in [5.41, 5.74) is 0.259. The molecule has 9 heteroatoms. The molecule has 1 saturated heterocycles. The molecule has 6 nitrogen and oxygen atoms in total. The van der Waals surface area contributed by atoms with Crippen molar-refractivity contribution in [3.05, 3.63) is 57.0 Å². The van der Waals surface area contributed by atoms with Gasteiger partial charge in [-0.1, -0.05) is 28.7 Å². The van der Waals surface area contributed by atoms with Gasteiger partial charge in [-0.2, -0.15) is 0 Å². The summed E-state index contributed by atoms with van der Waals surface area (Å²) in [6.07, 6.45) is 2.05. The van der Waals surface area contributed by atoms with Gasteiger partial charge in [0, 0.05) is 28.0 Å². The molecule has 0 saturated carbocycles. The van der Waals surface area contributed by atoms with Crippen LogP contribution < -0.4 is 5.32 Å². The van der Waals surface area contributed by atoms with E-state index < -0.39 is 11.8 Å². The van der Waals surface area contributed by atoms with Crippen LogP contribution in [0.25, 0.3) is 0 Å². The van der Waals surface area contributed by atoms with Crippen LogP contribution in [0.2, 0.25) is 0 Å². The summed E-state index contributed by atoms with van der Waals surface area (Å²) in [6, 6.07) is 7.76. The molecule has 1 aliphatic heterocycles. The van der Waals surface area contributed by atoms with Gasteiger partial charge in [0.2, 0.25) is 0 Å². The molecule has 1 amide bonds. The fourth-order valence-corrected chi connectivity index (χ4v) is 4.49. The Hall–Kier alpha value is -2.01. The van der Waals surface area contributed by atoms with Crippen molar-refractivity contribution < 1.29 is 18.7 Å². The molecule has 2 N–H and O–H groups in total. The van der Waals surface area contributed by atoms with E-state index in [4.69, 9.17) is 10.1 Å². The van der Waals surface area contributed by atoms with Crippen molar-refractivity contribution in [1.82, 2.24) is 10.2 Å². The van der Waals surface area contributed by atoms with Gasteiger partial charge in [-0.3, -0.25) is 10.2 Å². The summed E-state index contributed by atoms with van der Waals surface area (Å²) >= 11 is 3.65. The molecule has 1 fully saturated rings. The third-order valence-electron chi connectivity index (χ3n) is 4.52. The van der Waals surface area contributed by atoms with Crippen LogP contribution in [0.4, 0.5) is 4.39 Å². The molecule has 1 aromatic heterocycles. The Labute approximate surface area is 186 Å². The summed E-state index contributed by atoms with van der Waals surface area (Å²) in [4.78, 5) is 27.8. The molecule has 0 aliphatic carbocycles. The standard InChI is InChI=1S/C20H21FIN3O3S/c21-16-11-13(18(23)25-8-1-2-9-25)3-5-15(16)20(27)28-10-7-24-19(26)17-6-4-14(12-22)29-17/h3-6,11,23H,1-2,7-10,12H2,(H,24,26). The molecule has 0 radical (unpaired) electrons. The highest BCUT2D eigenvalue weighted by Gasteiger charge is 2.19. The largest absolute Gasteiger partial charge is 0.460 e. The Balaban J connectivity index is 1.48. The van der Waals surface area contributed by atoms with Crippen LogP contribution in [0.5, 0.6) is 0 Å². The van der Waals surface area contributed by atoms with Crippen LogP contribution in [0, 0.1) is 11.2 Å². The topological polar surface area (TPSA) is 82.5 Å². The quantitative estimate of drug-likeness (QED) is 0.143. The van der Waals surface area contributed by atoms with Crippen LogP contribution in [0.15, 0.2) is 30.3 Å². The minimum atomic E-state index is -0.792.